The molecule has 0 aromatic carbocycles. The summed E-state index contributed by atoms with van der Waals surface area (Å²) in [6.07, 6.45) is 7.11. The van der Waals surface area contributed by atoms with Crippen LogP contribution >= 0.6 is 0 Å². The molecule has 0 aromatic rings. The highest BCUT2D eigenvalue weighted by atomic mass is 16.2. The van der Waals surface area contributed by atoms with Crippen molar-refractivity contribution < 1.29 is 4.79 Å². The fraction of sp³-hybridized carbons (Fsp3) is 0.923. The van der Waals surface area contributed by atoms with Crippen molar-refractivity contribution in [3.05, 3.63) is 0 Å². The minimum Gasteiger partial charge on any atom is -0.341 e. The van der Waals surface area contributed by atoms with E-state index >= 15 is 0 Å². The Hall–Kier alpha value is -0.610. The minimum atomic E-state index is 0.237. The van der Waals surface area contributed by atoms with Crippen molar-refractivity contribution in [1.29, 1.82) is 0 Å². The fourth-order valence-electron chi connectivity index (χ4n) is 3.10. The number of amides is 1. The summed E-state index contributed by atoms with van der Waals surface area (Å²) in [7, 11) is 0. The van der Waals surface area contributed by atoms with Crippen LogP contribution in [0.4, 0.5) is 0 Å². The van der Waals surface area contributed by atoms with E-state index < -0.39 is 0 Å². The molecule has 1 aliphatic heterocycles. The highest BCUT2D eigenvalue weighted by molar-refractivity contribution is 5.76. The number of carbonyl (C=O) groups is 1. The van der Waals surface area contributed by atoms with Gasteiger partial charge in [0.25, 0.3) is 0 Å². The normalized spacial score (nSPS) is 23.9. The van der Waals surface area contributed by atoms with E-state index in [-0.39, 0.29) is 5.91 Å². The van der Waals surface area contributed by atoms with E-state index in [0.717, 1.165) is 38.6 Å². The van der Waals surface area contributed by atoms with Crippen LogP contribution in [0.5, 0.6) is 0 Å². The lowest BCUT2D eigenvalue weighted by Crippen LogP contribution is -2.38. The molecule has 2 rings (SSSR count). The molecular weight excluding hydrogens is 214 g/mol. The summed E-state index contributed by atoms with van der Waals surface area (Å²) in [4.78, 5) is 16.4. The Morgan fingerprint density at radius 1 is 1.06 bits per heavy atom. The number of rotatable bonds is 3. The van der Waals surface area contributed by atoms with Gasteiger partial charge in [0, 0.05) is 45.2 Å². The van der Waals surface area contributed by atoms with Crippen LogP contribution in [0, 0.1) is 0 Å². The molecule has 1 heterocycles. The minimum absolute atomic E-state index is 0.237. The molecular formula is C13H25N3O. The van der Waals surface area contributed by atoms with Gasteiger partial charge in [0.2, 0.25) is 5.91 Å². The van der Waals surface area contributed by atoms with Gasteiger partial charge in [-0.2, -0.15) is 0 Å². The zero-order valence-corrected chi connectivity index (χ0v) is 10.7. The average Bonchev–Trinajstić information content (AvgIpc) is 2.74. The molecule has 0 bridgehead atoms. The topological polar surface area (TPSA) is 49.6 Å². The Labute approximate surface area is 104 Å². The zero-order valence-electron chi connectivity index (χ0n) is 10.7. The Kier molecular flexibility index (Phi) is 4.80. The van der Waals surface area contributed by atoms with Gasteiger partial charge in [0.1, 0.15) is 0 Å². The van der Waals surface area contributed by atoms with Gasteiger partial charge in [-0.15, -0.1) is 0 Å². The monoisotopic (exact) mass is 239 g/mol. The molecule has 0 aromatic heterocycles. The van der Waals surface area contributed by atoms with Crippen LogP contribution in [0.1, 0.15) is 38.5 Å². The third-order valence-corrected chi connectivity index (χ3v) is 4.08. The summed E-state index contributed by atoms with van der Waals surface area (Å²) in [5.74, 6) is 0.237. The first-order valence-corrected chi connectivity index (χ1v) is 7.03. The molecule has 0 unspecified atom stereocenters. The van der Waals surface area contributed by atoms with Crippen molar-refractivity contribution in [3.8, 4) is 0 Å². The van der Waals surface area contributed by atoms with Crippen molar-refractivity contribution in [3.63, 3.8) is 0 Å². The predicted molar refractivity (Wildman–Crippen MR) is 68.7 cm³/mol. The molecule has 2 fully saturated rings. The SMILES string of the molecule is NCCC(=O)N1CCCN(C2CCCC2)CC1. The Morgan fingerprint density at radius 2 is 1.82 bits per heavy atom. The Bertz CT molecular complexity index is 251. The molecule has 2 aliphatic rings. The van der Waals surface area contributed by atoms with Crippen LogP contribution in [0.2, 0.25) is 0 Å². The average molecular weight is 239 g/mol. The first-order valence-electron chi connectivity index (χ1n) is 7.03. The molecule has 4 nitrogen and oxygen atoms in total. The smallest absolute Gasteiger partial charge is 0.223 e. The van der Waals surface area contributed by atoms with Gasteiger partial charge < -0.3 is 10.6 Å². The number of carbonyl (C=O) groups excluding carboxylic acids is 1. The summed E-state index contributed by atoms with van der Waals surface area (Å²) in [6, 6.07) is 0.791. The summed E-state index contributed by atoms with van der Waals surface area (Å²) < 4.78 is 0. The van der Waals surface area contributed by atoms with Gasteiger partial charge in [0.15, 0.2) is 0 Å². The lowest BCUT2D eigenvalue weighted by molar-refractivity contribution is -0.130. The predicted octanol–water partition coefficient (Wildman–Crippen LogP) is 0.812. The molecule has 1 aliphatic carbocycles. The first kappa shape index (κ1) is 12.8. The van der Waals surface area contributed by atoms with E-state index in [4.69, 9.17) is 5.73 Å². The van der Waals surface area contributed by atoms with Crippen molar-refractivity contribution >= 4 is 5.91 Å². The number of nitrogens with zero attached hydrogens (tertiary/aromatic N) is 2. The molecule has 1 amide bonds. The van der Waals surface area contributed by atoms with Gasteiger partial charge in [-0.25, -0.2) is 0 Å². The van der Waals surface area contributed by atoms with Crippen molar-refractivity contribution in [1.82, 2.24) is 9.80 Å². The maximum Gasteiger partial charge on any atom is 0.223 e. The van der Waals surface area contributed by atoms with Crippen LogP contribution in [-0.2, 0) is 4.79 Å². The number of hydrogen-bond donors (Lipinski definition) is 1. The van der Waals surface area contributed by atoms with Crippen molar-refractivity contribution in [2.24, 2.45) is 5.73 Å². The van der Waals surface area contributed by atoms with Crippen molar-refractivity contribution in [2.45, 2.75) is 44.6 Å². The van der Waals surface area contributed by atoms with Gasteiger partial charge in [-0.05, 0) is 19.3 Å². The quantitative estimate of drug-likeness (QED) is 0.793. The molecule has 4 heteroatoms. The highest BCUT2D eigenvalue weighted by Crippen LogP contribution is 2.24. The number of nitrogens with two attached hydrogens (primary N) is 1. The van der Waals surface area contributed by atoms with Gasteiger partial charge in [-0.3, -0.25) is 9.69 Å². The van der Waals surface area contributed by atoms with E-state index in [2.05, 4.69) is 4.90 Å². The maximum absolute atomic E-state index is 11.8. The molecule has 1 saturated carbocycles. The lowest BCUT2D eigenvalue weighted by Gasteiger charge is -2.27. The molecule has 98 valence electrons. The Balaban J connectivity index is 1.82. The second-order valence-corrected chi connectivity index (χ2v) is 5.25. The molecule has 0 atom stereocenters. The third-order valence-electron chi connectivity index (χ3n) is 4.08. The van der Waals surface area contributed by atoms with Gasteiger partial charge in [-0.1, -0.05) is 12.8 Å². The fourth-order valence-corrected chi connectivity index (χ4v) is 3.10. The third kappa shape index (κ3) is 3.42. The van der Waals surface area contributed by atoms with E-state index in [0.29, 0.717) is 13.0 Å². The summed E-state index contributed by atoms with van der Waals surface area (Å²) in [5, 5.41) is 0. The lowest BCUT2D eigenvalue weighted by atomic mass is 10.2. The van der Waals surface area contributed by atoms with E-state index in [1.165, 1.54) is 25.7 Å². The first-order chi connectivity index (χ1) is 8.31. The summed E-state index contributed by atoms with van der Waals surface area (Å²) in [6.45, 7) is 4.51. The highest BCUT2D eigenvalue weighted by Gasteiger charge is 2.25. The van der Waals surface area contributed by atoms with Crippen LogP contribution in [0.15, 0.2) is 0 Å². The molecule has 2 N–H and O–H groups in total. The molecule has 17 heavy (non-hydrogen) atoms. The van der Waals surface area contributed by atoms with E-state index in [1.54, 1.807) is 0 Å². The summed E-state index contributed by atoms with van der Waals surface area (Å²) >= 11 is 0. The summed E-state index contributed by atoms with van der Waals surface area (Å²) in [5.41, 5.74) is 5.44. The largest absolute Gasteiger partial charge is 0.341 e. The van der Waals surface area contributed by atoms with E-state index in [9.17, 15) is 4.79 Å². The van der Waals surface area contributed by atoms with Crippen LogP contribution < -0.4 is 5.73 Å². The Morgan fingerprint density at radius 3 is 2.53 bits per heavy atom. The van der Waals surface area contributed by atoms with Crippen molar-refractivity contribution in [2.75, 3.05) is 32.7 Å². The van der Waals surface area contributed by atoms with Crippen LogP contribution in [0.3, 0.4) is 0 Å². The number of hydrogen-bond acceptors (Lipinski definition) is 3. The molecule has 0 spiro atoms. The van der Waals surface area contributed by atoms with Gasteiger partial charge in [0.05, 0.1) is 0 Å². The molecule has 0 radical (unpaired) electrons. The molecule has 1 saturated heterocycles. The maximum atomic E-state index is 11.8. The van der Waals surface area contributed by atoms with Gasteiger partial charge >= 0.3 is 0 Å². The zero-order chi connectivity index (χ0) is 12.1. The van der Waals surface area contributed by atoms with Crippen LogP contribution in [-0.4, -0.2) is 54.5 Å². The second-order valence-electron chi connectivity index (χ2n) is 5.25. The standard InChI is InChI=1S/C13H25N3O/c14-7-6-13(17)16-9-3-8-15(10-11-16)12-4-1-2-5-12/h12H,1-11,14H2. The van der Waals surface area contributed by atoms with Crippen LogP contribution in [0.25, 0.3) is 0 Å². The van der Waals surface area contributed by atoms with E-state index in [1.807, 2.05) is 4.90 Å². The second kappa shape index (κ2) is 6.36.